The number of methoxy groups -OCH3 is 1. The first-order chi connectivity index (χ1) is 12.6. The van der Waals surface area contributed by atoms with E-state index in [0.29, 0.717) is 5.92 Å². The largest absolute Gasteiger partial charge is 0.375 e. The summed E-state index contributed by atoms with van der Waals surface area (Å²) in [6.07, 6.45) is 2.55. The van der Waals surface area contributed by atoms with E-state index in [1.807, 2.05) is 6.92 Å². The Kier molecular flexibility index (Phi) is 11.7. The first-order valence-electron chi connectivity index (χ1n) is 9.76. The first-order valence-corrected chi connectivity index (χ1v) is 10.6. The van der Waals surface area contributed by atoms with Gasteiger partial charge >= 0.3 is 0 Å². The highest BCUT2D eigenvalue weighted by atomic mass is 127. The van der Waals surface area contributed by atoms with Gasteiger partial charge in [0, 0.05) is 39.2 Å². The topological polar surface area (TPSA) is 53.0 Å². The van der Waals surface area contributed by atoms with E-state index < -0.39 is 0 Å². The number of rotatable bonds is 9. The number of nitrogens with one attached hydrogen (secondary N) is 1. The summed E-state index contributed by atoms with van der Waals surface area (Å²) in [6, 6.07) is 0. The molecule has 0 bridgehead atoms. The zero-order valence-electron chi connectivity index (χ0n) is 17.4. The van der Waals surface area contributed by atoms with Crippen LogP contribution < -0.4 is 5.32 Å². The normalized spacial score (nSPS) is 19.0. The van der Waals surface area contributed by atoms with Crippen LogP contribution in [0.4, 0.5) is 0 Å². The van der Waals surface area contributed by atoms with Crippen molar-refractivity contribution >= 4 is 41.3 Å². The van der Waals surface area contributed by atoms with E-state index in [4.69, 9.17) is 14.7 Å². The maximum absolute atomic E-state index is 5.36. The van der Waals surface area contributed by atoms with Crippen molar-refractivity contribution in [1.82, 2.24) is 20.1 Å². The second-order valence-electron chi connectivity index (χ2n) is 7.06. The van der Waals surface area contributed by atoms with E-state index in [9.17, 15) is 0 Å². The van der Waals surface area contributed by atoms with Crippen molar-refractivity contribution in [3.63, 3.8) is 0 Å². The quantitative estimate of drug-likeness (QED) is 0.313. The number of halogens is 1. The predicted octanol–water partition coefficient (Wildman–Crippen LogP) is 3.60. The van der Waals surface area contributed by atoms with Crippen LogP contribution in [0.3, 0.4) is 0 Å². The molecule has 2 unspecified atom stereocenters. The molecule has 0 spiro atoms. The number of aliphatic imine (C=N–C) groups is 1. The third-order valence-electron chi connectivity index (χ3n) is 4.78. The lowest BCUT2D eigenvalue weighted by molar-refractivity contribution is 0.119. The third kappa shape index (κ3) is 7.83. The van der Waals surface area contributed by atoms with Gasteiger partial charge < -0.3 is 19.9 Å². The van der Waals surface area contributed by atoms with Gasteiger partial charge in [-0.2, -0.15) is 0 Å². The minimum Gasteiger partial charge on any atom is -0.375 e. The van der Waals surface area contributed by atoms with Gasteiger partial charge in [0.05, 0.1) is 12.2 Å². The molecule has 6 nitrogen and oxygen atoms in total. The second kappa shape index (κ2) is 12.9. The second-order valence-corrected chi connectivity index (χ2v) is 7.95. The third-order valence-corrected chi connectivity index (χ3v) is 5.83. The van der Waals surface area contributed by atoms with E-state index in [1.54, 1.807) is 18.4 Å². The van der Waals surface area contributed by atoms with Crippen LogP contribution in [-0.4, -0.2) is 67.6 Å². The molecule has 1 saturated heterocycles. The molecule has 0 saturated carbocycles. The number of thiazole rings is 1. The molecule has 1 aromatic rings. The number of likely N-dealkylation sites (tertiary alicyclic amines) is 1. The smallest absolute Gasteiger partial charge is 0.194 e. The fourth-order valence-corrected chi connectivity index (χ4v) is 4.11. The van der Waals surface area contributed by atoms with Crippen molar-refractivity contribution in [3.05, 3.63) is 16.1 Å². The van der Waals surface area contributed by atoms with E-state index in [1.165, 1.54) is 32.5 Å². The molecule has 1 aliphatic rings. The standard InChI is InChI=1S/C19H35N5OS.HI/c1-6-9-24-10-8-16(12-24)11-21-19(20-7-2)23(4)13-17-14-26-18(22-17)15(3)25-5;/h14-16H,6-13H2,1-5H3,(H,20,21);1H. The van der Waals surface area contributed by atoms with Crippen LogP contribution >= 0.6 is 35.3 Å². The van der Waals surface area contributed by atoms with Crippen LogP contribution in [-0.2, 0) is 11.3 Å². The molecule has 156 valence electrons. The van der Waals surface area contributed by atoms with Gasteiger partial charge in [-0.1, -0.05) is 6.92 Å². The van der Waals surface area contributed by atoms with Crippen molar-refractivity contribution in [2.75, 3.05) is 46.9 Å². The first kappa shape index (κ1) is 24.6. The lowest BCUT2D eigenvalue weighted by Gasteiger charge is -2.22. The van der Waals surface area contributed by atoms with Crippen molar-refractivity contribution in [1.29, 1.82) is 0 Å². The molecule has 8 heteroatoms. The summed E-state index contributed by atoms with van der Waals surface area (Å²) >= 11 is 1.66. The Morgan fingerprint density at radius 2 is 2.30 bits per heavy atom. The van der Waals surface area contributed by atoms with Crippen molar-refractivity contribution < 1.29 is 4.74 Å². The van der Waals surface area contributed by atoms with Crippen LogP contribution in [0.25, 0.3) is 0 Å². The van der Waals surface area contributed by atoms with Gasteiger partial charge in [-0.25, -0.2) is 4.98 Å². The minimum absolute atomic E-state index is 0. The molecule has 0 aromatic carbocycles. The van der Waals surface area contributed by atoms with E-state index in [0.717, 1.165) is 36.3 Å². The predicted molar refractivity (Wildman–Crippen MR) is 125 cm³/mol. The minimum atomic E-state index is 0. The summed E-state index contributed by atoms with van der Waals surface area (Å²) in [5, 5.41) is 6.56. The molecule has 0 aliphatic carbocycles. The Labute approximate surface area is 185 Å². The summed E-state index contributed by atoms with van der Waals surface area (Å²) in [5.74, 6) is 1.65. The zero-order chi connectivity index (χ0) is 18.9. The SMILES string of the molecule is CCCN1CCC(CN=C(NCC)N(C)Cc2csc(C(C)OC)n2)C1.I. The Morgan fingerprint density at radius 1 is 1.52 bits per heavy atom. The molecule has 1 fully saturated rings. The molecular weight excluding hydrogens is 473 g/mol. The van der Waals surface area contributed by atoms with Gasteiger partial charge in [-0.05, 0) is 45.7 Å². The lowest BCUT2D eigenvalue weighted by atomic mass is 10.1. The zero-order valence-corrected chi connectivity index (χ0v) is 20.5. The number of guanidine groups is 1. The van der Waals surface area contributed by atoms with E-state index >= 15 is 0 Å². The average Bonchev–Trinajstić information content (AvgIpc) is 3.27. The lowest BCUT2D eigenvalue weighted by Crippen LogP contribution is -2.39. The Bertz CT molecular complexity index is 568. The molecule has 27 heavy (non-hydrogen) atoms. The van der Waals surface area contributed by atoms with Gasteiger partial charge in [0.25, 0.3) is 0 Å². The number of hydrogen-bond acceptors (Lipinski definition) is 5. The van der Waals surface area contributed by atoms with Gasteiger partial charge in [0.1, 0.15) is 11.1 Å². The molecule has 2 rings (SSSR count). The average molecular weight is 510 g/mol. The summed E-state index contributed by atoms with van der Waals surface area (Å²) in [6.45, 7) is 12.5. The molecule has 1 N–H and O–H groups in total. The van der Waals surface area contributed by atoms with Gasteiger partial charge in [0.15, 0.2) is 5.96 Å². The van der Waals surface area contributed by atoms with Crippen molar-refractivity contribution in [2.45, 2.75) is 46.3 Å². The van der Waals surface area contributed by atoms with Crippen LogP contribution in [0.1, 0.15) is 50.4 Å². The molecular formula is C19H36IN5OS. The maximum atomic E-state index is 5.36. The van der Waals surface area contributed by atoms with Crippen molar-refractivity contribution in [2.24, 2.45) is 10.9 Å². The molecule has 1 aromatic heterocycles. The molecule has 0 amide bonds. The highest BCUT2D eigenvalue weighted by molar-refractivity contribution is 14.0. The summed E-state index contributed by atoms with van der Waals surface area (Å²) in [4.78, 5) is 14.3. The van der Waals surface area contributed by atoms with Crippen LogP contribution in [0.15, 0.2) is 10.4 Å². The highest BCUT2D eigenvalue weighted by Gasteiger charge is 2.21. The monoisotopic (exact) mass is 509 g/mol. The number of ether oxygens (including phenoxy) is 1. The Morgan fingerprint density at radius 3 is 2.96 bits per heavy atom. The molecule has 2 heterocycles. The van der Waals surface area contributed by atoms with Gasteiger partial charge in [-0.15, -0.1) is 35.3 Å². The number of aromatic nitrogens is 1. The van der Waals surface area contributed by atoms with Crippen LogP contribution in [0.5, 0.6) is 0 Å². The van der Waals surface area contributed by atoms with Crippen LogP contribution in [0, 0.1) is 5.92 Å². The van der Waals surface area contributed by atoms with Gasteiger partial charge in [-0.3, -0.25) is 4.99 Å². The maximum Gasteiger partial charge on any atom is 0.194 e. The van der Waals surface area contributed by atoms with Crippen LogP contribution in [0.2, 0.25) is 0 Å². The molecule has 1 aliphatic heterocycles. The molecule has 0 radical (unpaired) electrons. The van der Waals surface area contributed by atoms with Crippen molar-refractivity contribution in [3.8, 4) is 0 Å². The Balaban J connectivity index is 0.00000364. The fraction of sp³-hybridized carbons (Fsp3) is 0.789. The molecule has 2 atom stereocenters. The summed E-state index contributed by atoms with van der Waals surface area (Å²) < 4.78 is 5.36. The fourth-order valence-electron chi connectivity index (χ4n) is 3.27. The highest BCUT2D eigenvalue weighted by Crippen LogP contribution is 2.21. The number of nitrogens with zero attached hydrogens (tertiary/aromatic N) is 4. The van der Waals surface area contributed by atoms with E-state index in [2.05, 4.69) is 41.4 Å². The Hall–Kier alpha value is -0.450. The van der Waals surface area contributed by atoms with Gasteiger partial charge in [0.2, 0.25) is 0 Å². The number of hydrogen-bond donors (Lipinski definition) is 1. The summed E-state index contributed by atoms with van der Waals surface area (Å²) in [5.41, 5.74) is 1.07. The van der Waals surface area contributed by atoms with E-state index in [-0.39, 0.29) is 30.1 Å². The summed E-state index contributed by atoms with van der Waals surface area (Å²) in [7, 11) is 3.80.